The maximum Gasteiger partial charge on any atom is 0.155 e. The molecule has 0 aliphatic carbocycles. The van der Waals surface area contributed by atoms with Crippen LogP contribution in [0.5, 0.6) is 5.75 Å². The zero-order valence-corrected chi connectivity index (χ0v) is 10.4. The lowest BCUT2D eigenvalue weighted by atomic mass is 10.2. The van der Waals surface area contributed by atoms with Gasteiger partial charge in [-0.3, -0.25) is 4.79 Å². The molecule has 3 nitrogen and oxygen atoms in total. The molecule has 92 valence electrons. The van der Waals surface area contributed by atoms with Crippen molar-refractivity contribution in [2.75, 3.05) is 6.61 Å². The lowest BCUT2D eigenvalue weighted by Crippen LogP contribution is -2.18. The second-order valence-corrected chi connectivity index (χ2v) is 4.63. The third-order valence-corrected chi connectivity index (χ3v) is 3.21. The summed E-state index contributed by atoms with van der Waals surface area (Å²) in [4.78, 5) is 10.9. The monoisotopic (exact) mass is 254 g/mol. The summed E-state index contributed by atoms with van der Waals surface area (Å²) in [6.45, 7) is 2.52. The third kappa shape index (κ3) is 2.99. The molecular formula is C13H15ClO3. The van der Waals surface area contributed by atoms with E-state index in [9.17, 15) is 4.79 Å². The highest BCUT2D eigenvalue weighted by molar-refractivity contribution is 6.33. The molecule has 17 heavy (non-hydrogen) atoms. The first-order valence-electron chi connectivity index (χ1n) is 5.72. The Bertz CT molecular complexity index is 406. The van der Waals surface area contributed by atoms with Crippen molar-refractivity contribution in [1.29, 1.82) is 0 Å². The minimum atomic E-state index is 0.114. The van der Waals surface area contributed by atoms with Gasteiger partial charge in [0.2, 0.25) is 0 Å². The molecular weight excluding hydrogens is 240 g/mol. The van der Waals surface area contributed by atoms with Gasteiger partial charge in [0.1, 0.15) is 12.4 Å². The minimum Gasteiger partial charge on any atom is -0.490 e. The van der Waals surface area contributed by atoms with Gasteiger partial charge in [-0.1, -0.05) is 17.7 Å². The molecule has 0 N–H and O–H groups in total. The Morgan fingerprint density at radius 1 is 1.53 bits per heavy atom. The zero-order chi connectivity index (χ0) is 12.3. The van der Waals surface area contributed by atoms with Crippen LogP contribution in [0, 0.1) is 0 Å². The highest BCUT2D eigenvalue weighted by Crippen LogP contribution is 2.26. The summed E-state index contributed by atoms with van der Waals surface area (Å²) in [7, 11) is 0. The molecule has 0 amide bonds. The maximum atomic E-state index is 10.9. The fraction of sp³-hybridized carbons (Fsp3) is 0.462. The van der Waals surface area contributed by atoms with Crippen LogP contribution in [0.2, 0.25) is 5.02 Å². The maximum absolute atomic E-state index is 10.9. The summed E-state index contributed by atoms with van der Waals surface area (Å²) >= 11 is 5.91. The largest absolute Gasteiger partial charge is 0.490 e. The van der Waals surface area contributed by atoms with Gasteiger partial charge in [0, 0.05) is 0 Å². The van der Waals surface area contributed by atoms with E-state index in [2.05, 4.69) is 6.92 Å². The molecule has 1 aliphatic heterocycles. The molecule has 2 rings (SSSR count). The number of ether oxygens (including phenoxy) is 2. The summed E-state index contributed by atoms with van der Waals surface area (Å²) in [5.41, 5.74) is 0.403. The van der Waals surface area contributed by atoms with E-state index in [1.807, 2.05) is 0 Å². The molecule has 2 unspecified atom stereocenters. The molecule has 0 bridgehead atoms. The van der Waals surface area contributed by atoms with Crippen molar-refractivity contribution >= 4 is 17.9 Å². The summed E-state index contributed by atoms with van der Waals surface area (Å²) in [5, 5.41) is 0.415. The van der Waals surface area contributed by atoms with Crippen LogP contribution >= 0.6 is 11.6 Å². The van der Waals surface area contributed by atoms with Crippen LogP contribution in [0.25, 0.3) is 0 Å². The lowest BCUT2D eigenvalue weighted by Gasteiger charge is -2.14. The van der Waals surface area contributed by atoms with Crippen LogP contribution in [-0.2, 0) is 4.74 Å². The standard InChI is InChI=1S/C13H15ClO3/c1-9-5-6-10(17-9)8-16-13-4-2-3-12(14)11(13)7-15/h2-4,7,9-10H,5-6,8H2,1H3. The molecule has 1 aliphatic rings. The molecule has 1 fully saturated rings. The number of hydrogen-bond acceptors (Lipinski definition) is 3. The summed E-state index contributed by atoms with van der Waals surface area (Å²) < 4.78 is 11.2. The van der Waals surface area contributed by atoms with Crippen molar-refractivity contribution in [3.63, 3.8) is 0 Å². The first kappa shape index (κ1) is 12.4. The van der Waals surface area contributed by atoms with E-state index in [0.29, 0.717) is 29.0 Å². The number of halogens is 1. The van der Waals surface area contributed by atoms with Gasteiger partial charge in [0.25, 0.3) is 0 Å². The van der Waals surface area contributed by atoms with Crippen LogP contribution in [0.1, 0.15) is 30.1 Å². The van der Waals surface area contributed by atoms with Gasteiger partial charge >= 0.3 is 0 Å². The molecule has 0 radical (unpaired) electrons. The molecule has 1 aromatic carbocycles. The van der Waals surface area contributed by atoms with Crippen molar-refractivity contribution in [1.82, 2.24) is 0 Å². The molecule has 2 atom stereocenters. The molecule has 4 heteroatoms. The van der Waals surface area contributed by atoms with Crippen molar-refractivity contribution in [2.45, 2.75) is 32.0 Å². The number of hydrogen-bond donors (Lipinski definition) is 0. The van der Waals surface area contributed by atoms with Crippen LogP contribution in [0.4, 0.5) is 0 Å². The first-order chi connectivity index (χ1) is 8.20. The normalized spacial score (nSPS) is 23.6. The van der Waals surface area contributed by atoms with E-state index >= 15 is 0 Å². The Morgan fingerprint density at radius 2 is 2.35 bits per heavy atom. The van der Waals surface area contributed by atoms with Crippen LogP contribution in [0.15, 0.2) is 18.2 Å². The van der Waals surface area contributed by atoms with Gasteiger partial charge < -0.3 is 9.47 Å². The Hall–Kier alpha value is -1.06. The second-order valence-electron chi connectivity index (χ2n) is 4.23. The van der Waals surface area contributed by atoms with Gasteiger partial charge in [-0.25, -0.2) is 0 Å². The van der Waals surface area contributed by atoms with Crippen LogP contribution < -0.4 is 4.74 Å². The van der Waals surface area contributed by atoms with E-state index in [-0.39, 0.29) is 6.10 Å². The molecule has 0 saturated carbocycles. The summed E-state index contributed by atoms with van der Waals surface area (Å²) in [6.07, 6.45) is 3.19. The minimum absolute atomic E-state index is 0.114. The fourth-order valence-corrected chi connectivity index (χ4v) is 2.16. The van der Waals surface area contributed by atoms with Gasteiger partial charge in [-0.2, -0.15) is 0 Å². The second kappa shape index (κ2) is 5.52. The number of rotatable bonds is 4. The van der Waals surface area contributed by atoms with Gasteiger partial charge in [-0.05, 0) is 31.9 Å². The molecule has 0 spiro atoms. The summed E-state index contributed by atoms with van der Waals surface area (Å²) in [6, 6.07) is 5.18. The Labute approximate surface area is 106 Å². The van der Waals surface area contributed by atoms with Crippen molar-refractivity contribution < 1.29 is 14.3 Å². The number of aldehydes is 1. The molecule has 1 heterocycles. The van der Waals surface area contributed by atoms with Crippen LogP contribution in [0.3, 0.4) is 0 Å². The highest BCUT2D eigenvalue weighted by Gasteiger charge is 2.22. The van der Waals surface area contributed by atoms with Crippen LogP contribution in [-0.4, -0.2) is 25.1 Å². The topological polar surface area (TPSA) is 35.5 Å². The molecule has 1 aromatic rings. The van der Waals surface area contributed by atoms with Crippen molar-refractivity contribution in [2.24, 2.45) is 0 Å². The van der Waals surface area contributed by atoms with E-state index in [4.69, 9.17) is 21.1 Å². The average Bonchev–Trinajstić information content (AvgIpc) is 2.72. The van der Waals surface area contributed by atoms with Crippen molar-refractivity contribution in [3.05, 3.63) is 28.8 Å². The van der Waals surface area contributed by atoms with E-state index in [1.165, 1.54) is 0 Å². The fourth-order valence-electron chi connectivity index (χ4n) is 1.95. The molecule has 1 saturated heterocycles. The smallest absolute Gasteiger partial charge is 0.155 e. The SMILES string of the molecule is CC1CCC(COc2cccc(Cl)c2C=O)O1. The van der Waals surface area contributed by atoms with E-state index in [0.717, 1.165) is 19.1 Å². The average molecular weight is 255 g/mol. The number of benzene rings is 1. The Kier molecular flexibility index (Phi) is 4.02. The van der Waals surface area contributed by atoms with E-state index in [1.54, 1.807) is 18.2 Å². The lowest BCUT2D eigenvalue weighted by molar-refractivity contribution is 0.0263. The molecule has 0 aromatic heterocycles. The van der Waals surface area contributed by atoms with Gasteiger partial charge in [0.05, 0.1) is 22.8 Å². The number of carbonyl (C=O) groups excluding carboxylic acids is 1. The van der Waals surface area contributed by atoms with Gasteiger partial charge in [-0.15, -0.1) is 0 Å². The Morgan fingerprint density at radius 3 is 3.00 bits per heavy atom. The highest BCUT2D eigenvalue weighted by atomic mass is 35.5. The predicted octanol–water partition coefficient (Wildman–Crippen LogP) is 3.10. The number of carbonyl (C=O) groups is 1. The van der Waals surface area contributed by atoms with E-state index < -0.39 is 0 Å². The third-order valence-electron chi connectivity index (χ3n) is 2.88. The predicted molar refractivity (Wildman–Crippen MR) is 65.9 cm³/mol. The van der Waals surface area contributed by atoms with Gasteiger partial charge in [0.15, 0.2) is 6.29 Å². The first-order valence-corrected chi connectivity index (χ1v) is 6.10. The zero-order valence-electron chi connectivity index (χ0n) is 9.69. The van der Waals surface area contributed by atoms with Crippen molar-refractivity contribution in [3.8, 4) is 5.75 Å². The quantitative estimate of drug-likeness (QED) is 0.775. The Balaban J connectivity index is 1.99. The summed E-state index contributed by atoms with van der Waals surface area (Å²) in [5.74, 6) is 0.524.